The summed E-state index contributed by atoms with van der Waals surface area (Å²) in [6.45, 7) is 0.768. The average Bonchev–Trinajstić information content (AvgIpc) is 2.77. The number of halogens is 2. The maximum Gasteiger partial charge on any atom is 0.259 e. The van der Waals surface area contributed by atoms with Crippen LogP contribution in [-0.2, 0) is 0 Å². The lowest BCUT2D eigenvalue weighted by molar-refractivity contribution is 0.0772. The number of aliphatic hydroxyl groups excluding tert-OH is 1. The van der Waals surface area contributed by atoms with Crippen LogP contribution in [0.5, 0.6) is 0 Å². The quantitative estimate of drug-likeness (QED) is 0.850. The molecule has 1 fully saturated rings. The molecule has 1 atom stereocenters. The van der Waals surface area contributed by atoms with Crippen molar-refractivity contribution in [3.8, 4) is 0 Å². The molecule has 0 bridgehead atoms. The highest BCUT2D eigenvalue weighted by Gasteiger charge is 2.29. The summed E-state index contributed by atoms with van der Waals surface area (Å²) in [6.07, 6.45) is 0.665. The van der Waals surface area contributed by atoms with E-state index in [0.29, 0.717) is 19.5 Å². The number of nitrogens with zero attached hydrogens (tertiary/aromatic N) is 1. The SMILES string of the molecule is O=C(c1c(F)cccc1F)N1CC[C@H](CO)C1. The molecule has 1 aromatic rings. The van der Waals surface area contributed by atoms with Crippen molar-refractivity contribution < 1.29 is 18.7 Å². The normalized spacial score (nSPS) is 19.7. The van der Waals surface area contributed by atoms with Gasteiger partial charge in [0, 0.05) is 25.6 Å². The van der Waals surface area contributed by atoms with Gasteiger partial charge in [0.1, 0.15) is 17.2 Å². The lowest BCUT2D eigenvalue weighted by Gasteiger charge is -2.16. The number of carbonyl (C=O) groups excluding carboxylic acids is 1. The average molecular weight is 241 g/mol. The summed E-state index contributed by atoms with van der Waals surface area (Å²) in [5.41, 5.74) is -0.508. The minimum Gasteiger partial charge on any atom is -0.396 e. The first-order valence-corrected chi connectivity index (χ1v) is 5.47. The minimum atomic E-state index is -0.845. The molecule has 1 aliphatic heterocycles. The van der Waals surface area contributed by atoms with Gasteiger partial charge in [0.2, 0.25) is 0 Å². The maximum atomic E-state index is 13.4. The number of hydrogen-bond donors (Lipinski definition) is 1. The number of hydrogen-bond acceptors (Lipinski definition) is 2. The first-order valence-electron chi connectivity index (χ1n) is 5.47. The molecule has 2 rings (SSSR count). The fourth-order valence-corrected chi connectivity index (χ4v) is 2.03. The van der Waals surface area contributed by atoms with E-state index in [2.05, 4.69) is 0 Å². The zero-order valence-electron chi connectivity index (χ0n) is 9.20. The first-order chi connectivity index (χ1) is 8.13. The fourth-order valence-electron chi connectivity index (χ4n) is 2.03. The highest BCUT2D eigenvalue weighted by atomic mass is 19.1. The second kappa shape index (κ2) is 4.79. The number of carbonyl (C=O) groups is 1. The Hall–Kier alpha value is -1.49. The Kier molecular flexibility index (Phi) is 3.38. The molecule has 1 aromatic carbocycles. The molecule has 0 unspecified atom stereocenters. The summed E-state index contributed by atoms with van der Waals surface area (Å²) in [4.78, 5) is 13.3. The summed E-state index contributed by atoms with van der Waals surface area (Å²) >= 11 is 0. The predicted octanol–water partition coefficient (Wildman–Crippen LogP) is 1.42. The number of benzene rings is 1. The van der Waals surface area contributed by atoms with Gasteiger partial charge in [0.25, 0.3) is 5.91 Å². The molecule has 92 valence electrons. The Balaban J connectivity index is 2.21. The van der Waals surface area contributed by atoms with Crippen LogP contribution in [0, 0.1) is 17.6 Å². The molecular weight excluding hydrogens is 228 g/mol. The summed E-state index contributed by atoms with van der Waals surface area (Å²) in [5.74, 6) is -2.32. The van der Waals surface area contributed by atoms with Crippen molar-refractivity contribution in [1.29, 1.82) is 0 Å². The van der Waals surface area contributed by atoms with Gasteiger partial charge in [-0.2, -0.15) is 0 Å². The standard InChI is InChI=1S/C12H13F2NO2/c13-9-2-1-3-10(14)11(9)12(17)15-5-4-8(6-15)7-16/h1-3,8,16H,4-7H2/t8-/m0/s1. The van der Waals surface area contributed by atoms with Gasteiger partial charge in [-0.25, -0.2) is 8.78 Å². The van der Waals surface area contributed by atoms with Crippen molar-refractivity contribution in [2.75, 3.05) is 19.7 Å². The van der Waals surface area contributed by atoms with Crippen LogP contribution in [0.3, 0.4) is 0 Å². The summed E-state index contributed by atoms with van der Waals surface area (Å²) in [5, 5.41) is 8.96. The second-order valence-corrected chi connectivity index (χ2v) is 4.19. The van der Waals surface area contributed by atoms with Gasteiger partial charge in [0.15, 0.2) is 0 Å². The van der Waals surface area contributed by atoms with Crippen molar-refractivity contribution in [1.82, 2.24) is 4.90 Å². The largest absolute Gasteiger partial charge is 0.396 e. The Morgan fingerprint density at radius 2 is 2.06 bits per heavy atom. The molecule has 0 saturated carbocycles. The number of rotatable bonds is 2. The third-order valence-electron chi connectivity index (χ3n) is 3.01. The lowest BCUT2D eigenvalue weighted by atomic mass is 10.1. The Bertz CT molecular complexity index is 416. The van der Waals surface area contributed by atoms with Gasteiger partial charge in [-0.05, 0) is 18.6 Å². The van der Waals surface area contributed by atoms with E-state index in [1.807, 2.05) is 0 Å². The van der Waals surface area contributed by atoms with Crippen LogP contribution in [-0.4, -0.2) is 35.6 Å². The van der Waals surface area contributed by atoms with Crippen molar-refractivity contribution in [3.63, 3.8) is 0 Å². The molecule has 17 heavy (non-hydrogen) atoms. The van der Waals surface area contributed by atoms with E-state index in [1.54, 1.807) is 0 Å². The van der Waals surface area contributed by atoms with Crippen molar-refractivity contribution in [3.05, 3.63) is 35.4 Å². The van der Waals surface area contributed by atoms with E-state index in [4.69, 9.17) is 5.11 Å². The van der Waals surface area contributed by atoms with Gasteiger partial charge >= 0.3 is 0 Å². The van der Waals surface area contributed by atoms with Crippen LogP contribution in [0.1, 0.15) is 16.8 Å². The Labute approximate surface area is 97.7 Å². The molecule has 0 aromatic heterocycles. The van der Waals surface area contributed by atoms with E-state index in [-0.39, 0.29) is 12.5 Å². The van der Waals surface area contributed by atoms with Crippen LogP contribution in [0.4, 0.5) is 8.78 Å². The van der Waals surface area contributed by atoms with Gasteiger partial charge in [-0.15, -0.1) is 0 Å². The molecular formula is C12H13F2NO2. The van der Waals surface area contributed by atoms with Crippen LogP contribution in [0.25, 0.3) is 0 Å². The Morgan fingerprint density at radius 3 is 2.59 bits per heavy atom. The molecule has 1 heterocycles. The number of likely N-dealkylation sites (tertiary alicyclic amines) is 1. The highest BCUT2D eigenvalue weighted by molar-refractivity contribution is 5.94. The molecule has 1 N–H and O–H groups in total. The van der Waals surface area contributed by atoms with Crippen LogP contribution in [0.15, 0.2) is 18.2 Å². The van der Waals surface area contributed by atoms with Crippen LogP contribution < -0.4 is 0 Å². The molecule has 0 aliphatic carbocycles. The highest BCUT2D eigenvalue weighted by Crippen LogP contribution is 2.21. The van der Waals surface area contributed by atoms with Gasteiger partial charge in [0.05, 0.1) is 0 Å². The topological polar surface area (TPSA) is 40.5 Å². The predicted molar refractivity (Wildman–Crippen MR) is 57.5 cm³/mol. The number of aliphatic hydroxyl groups is 1. The van der Waals surface area contributed by atoms with Crippen molar-refractivity contribution in [2.45, 2.75) is 6.42 Å². The fraction of sp³-hybridized carbons (Fsp3) is 0.417. The monoisotopic (exact) mass is 241 g/mol. The summed E-state index contributed by atoms with van der Waals surface area (Å²) in [6, 6.07) is 3.35. The molecule has 1 amide bonds. The smallest absolute Gasteiger partial charge is 0.259 e. The third-order valence-corrected chi connectivity index (χ3v) is 3.01. The van der Waals surface area contributed by atoms with Gasteiger partial charge < -0.3 is 10.0 Å². The maximum absolute atomic E-state index is 13.4. The molecule has 1 saturated heterocycles. The van der Waals surface area contributed by atoms with Gasteiger partial charge in [-0.1, -0.05) is 6.07 Å². The summed E-state index contributed by atoms with van der Waals surface area (Å²) < 4.78 is 26.8. The lowest BCUT2D eigenvalue weighted by Crippen LogP contribution is -2.30. The third kappa shape index (κ3) is 2.29. The van der Waals surface area contributed by atoms with E-state index in [9.17, 15) is 13.6 Å². The van der Waals surface area contributed by atoms with E-state index >= 15 is 0 Å². The zero-order valence-corrected chi connectivity index (χ0v) is 9.20. The van der Waals surface area contributed by atoms with Crippen molar-refractivity contribution in [2.24, 2.45) is 5.92 Å². The van der Waals surface area contributed by atoms with E-state index in [1.165, 1.54) is 11.0 Å². The molecule has 0 radical (unpaired) electrons. The molecule has 0 spiro atoms. The molecule has 3 nitrogen and oxygen atoms in total. The van der Waals surface area contributed by atoms with Crippen LogP contribution >= 0.6 is 0 Å². The van der Waals surface area contributed by atoms with Gasteiger partial charge in [-0.3, -0.25) is 4.79 Å². The Morgan fingerprint density at radius 1 is 1.41 bits per heavy atom. The number of amides is 1. The van der Waals surface area contributed by atoms with Crippen LogP contribution in [0.2, 0.25) is 0 Å². The van der Waals surface area contributed by atoms with Crippen molar-refractivity contribution >= 4 is 5.91 Å². The molecule has 1 aliphatic rings. The van der Waals surface area contributed by atoms with E-state index < -0.39 is 23.1 Å². The zero-order chi connectivity index (χ0) is 12.4. The summed E-state index contributed by atoms with van der Waals surface area (Å²) in [7, 11) is 0. The first kappa shape index (κ1) is 12.0. The second-order valence-electron chi connectivity index (χ2n) is 4.19. The minimum absolute atomic E-state index is 0.00813. The van der Waals surface area contributed by atoms with E-state index in [0.717, 1.165) is 12.1 Å². The molecule has 5 heteroatoms.